The minimum atomic E-state index is -3.69. The lowest BCUT2D eigenvalue weighted by molar-refractivity contribution is 0.0987. The normalized spacial score (nSPS) is 14.7. The zero-order valence-corrected chi connectivity index (χ0v) is 25.7. The number of aromatic nitrogens is 1. The SMILES string of the molecule is COc1cc(/C=N/N(C(=O)c2ccc(S(=O)(=O)N3CCC(C)CC3)cc2)c2nc3ccc(F)cc3s2)cc(OC)c1OC. The number of halogens is 1. The molecule has 0 atom stereocenters. The summed E-state index contributed by atoms with van der Waals surface area (Å²) >= 11 is 1.09. The second-order valence-corrected chi connectivity index (χ2v) is 13.0. The molecule has 226 valence electrons. The molecule has 0 bridgehead atoms. The maximum absolute atomic E-state index is 13.9. The van der Waals surface area contributed by atoms with Gasteiger partial charge in [0.25, 0.3) is 5.91 Å². The van der Waals surface area contributed by atoms with Crippen LogP contribution in [-0.2, 0) is 10.0 Å². The minimum absolute atomic E-state index is 0.113. The summed E-state index contributed by atoms with van der Waals surface area (Å²) in [6, 6.07) is 13.3. The van der Waals surface area contributed by atoms with E-state index in [1.165, 1.54) is 74.3 Å². The van der Waals surface area contributed by atoms with E-state index in [1.54, 1.807) is 12.1 Å². The van der Waals surface area contributed by atoms with Gasteiger partial charge in [-0.25, -0.2) is 17.8 Å². The van der Waals surface area contributed by atoms with Crippen molar-refractivity contribution in [1.29, 1.82) is 0 Å². The molecular formula is C30H31FN4O6S2. The predicted octanol–water partition coefficient (Wildman–Crippen LogP) is 5.56. The fourth-order valence-electron chi connectivity index (χ4n) is 4.73. The van der Waals surface area contributed by atoms with Gasteiger partial charge in [-0.1, -0.05) is 18.3 Å². The van der Waals surface area contributed by atoms with Crippen LogP contribution in [0.2, 0.25) is 0 Å². The van der Waals surface area contributed by atoms with E-state index in [9.17, 15) is 17.6 Å². The molecule has 13 heteroatoms. The van der Waals surface area contributed by atoms with Crippen molar-refractivity contribution >= 4 is 48.8 Å². The molecule has 5 rings (SSSR count). The monoisotopic (exact) mass is 626 g/mol. The van der Waals surface area contributed by atoms with Gasteiger partial charge in [-0.05, 0) is 73.4 Å². The van der Waals surface area contributed by atoms with E-state index < -0.39 is 21.7 Å². The number of hydrazone groups is 1. The first-order valence-electron chi connectivity index (χ1n) is 13.5. The Bertz CT molecular complexity index is 1740. The second kappa shape index (κ2) is 12.7. The first-order valence-corrected chi connectivity index (χ1v) is 15.7. The van der Waals surface area contributed by atoms with Crippen LogP contribution in [0.5, 0.6) is 17.2 Å². The van der Waals surface area contributed by atoms with E-state index in [1.807, 2.05) is 0 Å². The smallest absolute Gasteiger partial charge is 0.280 e. The third kappa shape index (κ3) is 6.33. The number of piperidine rings is 1. The molecule has 1 aliphatic rings. The molecule has 3 aromatic carbocycles. The van der Waals surface area contributed by atoms with Gasteiger partial charge in [-0.3, -0.25) is 4.79 Å². The van der Waals surface area contributed by atoms with Crippen molar-refractivity contribution in [3.63, 3.8) is 0 Å². The number of nitrogens with zero attached hydrogens (tertiary/aromatic N) is 4. The zero-order valence-electron chi connectivity index (χ0n) is 24.1. The molecule has 43 heavy (non-hydrogen) atoms. The summed E-state index contributed by atoms with van der Waals surface area (Å²) < 4.78 is 58.6. The highest BCUT2D eigenvalue weighted by Gasteiger charge is 2.29. The molecule has 0 unspecified atom stereocenters. The number of carbonyl (C=O) groups excluding carboxylic acids is 1. The summed E-state index contributed by atoms with van der Waals surface area (Å²) in [5.74, 6) is 0.697. The Morgan fingerprint density at radius 2 is 1.67 bits per heavy atom. The maximum atomic E-state index is 13.9. The average molecular weight is 627 g/mol. The van der Waals surface area contributed by atoms with Gasteiger partial charge in [0.1, 0.15) is 5.82 Å². The first kappa shape index (κ1) is 30.4. The first-order chi connectivity index (χ1) is 20.6. The quantitative estimate of drug-likeness (QED) is 0.177. The summed E-state index contributed by atoms with van der Waals surface area (Å²) in [4.78, 5) is 18.4. The molecule has 1 aliphatic heterocycles. The lowest BCUT2D eigenvalue weighted by Crippen LogP contribution is -2.37. The van der Waals surface area contributed by atoms with Crippen molar-refractivity contribution in [2.24, 2.45) is 11.0 Å². The molecule has 0 N–H and O–H groups in total. The van der Waals surface area contributed by atoms with Gasteiger partial charge >= 0.3 is 0 Å². The summed E-state index contributed by atoms with van der Waals surface area (Å²) in [5, 5.41) is 5.75. The number of fused-ring (bicyclic) bond motifs is 1. The fourth-order valence-corrected chi connectivity index (χ4v) is 7.15. The molecule has 0 spiro atoms. The number of hydrogen-bond donors (Lipinski definition) is 0. The number of amides is 1. The summed E-state index contributed by atoms with van der Waals surface area (Å²) in [6.07, 6.45) is 3.05. The number of methoxy groups -OCH3 is 3. The number of hydrogen-bond acceptors (Lipinski definition) is 9. The Balaban J connectivity index is 1.50. The van der Waals surface area contributed by atoms with Crippen LogP contribution < -0.4 is 19.2 Å². The van der Waals surface area contributed by atoms with Crippen LogP contribution in [0.4, 0.5) is 9.52 Å². The van der Waals surface area contributed by atoms with Gasteiger partial charge in [-0.15, -0.1) is 0 Å². The van der Waals surface area contributed by atoms with Gasteiger partial charge in [0.05, 0.1) is 42.7 Å². The number of rotatable bonds is 9. The molecule has 4 aromatic rings. The van der Waals surface area contributed by atoms with Crippen molar-refractivity contribution in [2.45, 2.75) is 24.7 Å². The summed E-state index contributed by atoms with van der Waals surface area (Å²) in [7, 11) is 0.786. The largest absolute Gasteiger partial charge is 0.493 e. The molecule has 1 fully saturated rings. The topological polar surface area (TPSA) is 111 Å². The number of carbonyl (C=O) groups is 1. The third-order valence-corrected chi connectivity index (χ3v) is 10.1. The van der Waals surface area contributed by atoms with Gasteiger partial charge in [-0.2, -0.15) is 14.4 Å². The zero-order chi connectivity index (χ0) is 30.7. The molecule has 2 heterocycles. The van der Waals surface area contributed by atoms with E-state index in [2.05, 4.69) is 17.0 Å². The number of anilines is 1. The van der Waals surface area contributed by atoms with Crippen molar-refractivity contribution < 1.29 is 31.8 Å². The Morgan fingerprint density at radius 1 is 1.02 bits per heavy atom. The summed E-state index contributed by atoms with van der Waals surface area (Å²) in [5.41, 5.74) is 1.23. The molecule has 0 aliphatic carbocycles. The molecule has 1 aromatic heterocycles. The Labute approximate surface area is 253 Å². The van der Waals surface area contributed by atoms with Gasteiger partial charge in [0, 0.05) is 24.2 Å². The van der Waals surface area contributed by atoms with Crippen LogP contribution in [0.1, 0.15) is 35.7 Å². The van der Waals surface area contributed by atoms with E-state index in [0.29, 0.717) is 52.0 Å². The molecule has 1 amide bonds. The van der Waals surface area contributed by atoms with E-state index in [0.717, 1.165) is 29.2 Å². The maximum Gasteiger partial charge on any atom is 0.280 e. The van der Waals surface area contributed by atoms with Crippen molar-refractivity contribution in [3.05, 3.63) is 71.5 Å². The van der Waals surface area contributed by atoms with Gasteiger partial charge < -0.3 is 14.2 Å². The highest BCUT2D eigenvalue weighted by Crippen LogP contribution is 2.38. The molecule has 1 saturated heterocycles. The van der Waals surface area contributed by atoms with Crippen LogP contribution in [0.25, 0.3) is 10.2 Å². The van der Waals surface area contributed by atoms with Crippen LogP contribution in [0.3, 0.4) is 0 Å². The number of sulfonamides is 1. The van der Waals surface area contributed by atoms with E-state index >= 15 is 0 Å². The molecule has 10 nitrogen and oxygen atoms in total. The Morgan fingerprint density at radius 3 is 2.28 bits per heavy atom. The van der Waals surface area contributed by atoms with Crippen LogP contribution >= 0.6 is 11.3 Å². The standard InChI is InChI=1S/C30H31FN4O6S2/c1-19-11-13-34(14-12-19)43(37,38)23-8-5-21(6-9-23)29(36)35(30-33-24-10-7-22(31)17-27(24)42-30)32-18-20-15-25(39-2)28(41-4)26(16-20)40-3/h5-10,15-19H,11-14H2,1-4H3/b32-18+. The second-order valence-electron chi connectivity index (χ2n) is 10.0. The van der Waals surface area contributed by atoms with Crippen molar-refractivity contribution in [2.75, 3.05) is 39.4 Å². The third-order valence-electron chi connectivity index (χ3n) is 7.20. The lowest BCUT2D eigenvalue weighted by atomic mass is 10.0. The number of benzene rings is 3. The van der Waals surface area contributed by atoms with E-state index in [4.69, 9.17) is 14.2 Å². The number of ether oxygens (including phenoxy) is 3. The fraction of sp³-hybridized carbons (Fsp3) is 0.300. The highest BCUT2D eigenvalue weighted by atomic mass is 32.2. The lowest BCUT2D eigenvalue weighted by Gasteiger charge is -2.29. The van der Waals surface area contributed by atoms with Gasteiger partial charge in [0.15, 0.2) is 11.5 Å². The Kier molecular flexibility index (Phi) is 8.95. The predicted molar refractivity (Wildman–Crippen MR) is 164 cm³/mol. The Hall–Kier alpha value is -4.07. The highest BCUT2D eigenvalue weighted by molar-refractivity contribution is 7.89. The summed E-state index contributed by atoms with van der Waals surface area (Å²) in [6.45, 7) is 3.04. The van der Waals surface area contributed by atoms with Crippen LogP contribution in [-0.4, -0.2) is 64.2 Å². The van der Waals surface area contributed by atoms with Crippen LogP contribution in [0.15, 0.2) is 64.6 Å². The number of thiazole rings is 1. The minimum Gasteiger partial charge on any atom is -0.493 e. The van der Waals surface area contributed by atoms with Crippen LogP contribution in [0, 0.1) is 11.7 Å². The van der Waals surface area contributed by atoms with Crippen molar-refractivity contribution in [3.8, 4) is 17.2 Å². The van der Waals surface area contributed by atoms with Crippen molar-refractivity contribution in [1.82, 2.24) is 9.29 Å². The molecular weight excluding hydrogens is 595 g/mol. The molecule has 0 saturated carbocycles. The van der Waals surface area contributed by atoms with Gasteiger partial charge in [0.2, 0.25) is 20.9 Å². The van der Waals surface area contributed by atoms with E-state index in [-0.39, 0.29) is 15.6 Å². The molecule has 0 radical (unpaired) electrons. The average Bonchev–Trinajstić information content (AvgIpc) is 3.43.